The zero-order valence-corrected chi connectivity index (χ0v) is 10.9. The maximum atomic E-state index is 12.1. The summed E-state index contributed by atoms with van der Waals surface area (Å²) in [6, 6.07) is -0.229. The van der Waals surface area contributed by atoms with E-state index in [9.17, 15) is 4.79 Å². The van der Waals surface area contributed by atoms with E-state index >= 15 is 0 Å². The first kappa shape index (κ1) is 11.8. The molecule has 0 aromatic carbocycles. The zero-order chi connectivity index (χ0) is 13.2. The highest BCUT2D eigenvalue weighted by Crippen LogP contribution is 2.22. The average Bonchev–Trinajstić information content (AvgIpc) is 3.05. The number of anilines is 1. The fraction of sp³-hybridized carbons (Fsp3) is 0.444. The number of carbonyl (C=O) groups is 1. The van der Waals surface area contributed by atoms with Crippen LogP contribution < -0.4 is 10.1 Å². The van der Waals surface area contributed by atoms with E-state index in [4.69, 9.17) is 4.74 Å². The van der Waals surface area contributed by atoms with E-state index in [1.807, 2.05) is 0 Å². The summed E-state index contributed by atoms with van der Waals surface area (Å²) in [6.45, 7) is 1.65. The summed E-state index contributed by atoms with van der Waals surface area (Å²) < 4.78 is 6.71. The smallest absolute Gasteiger partial charge is 0.324 e. The highest BCUT2D eigenvalue weighted by Gasteiger charge is 2.22. The van der Waals surface area contributed by atoms with Crippen LogP contribution in [0.25, 0.3) is 0 Å². The molecule has 10 heteroatoms. The molecule has 0 saturated heterocycles. The molecule has 0 spiro atoms. The van der Waals surface area contributed by atoms with Gasteiger partial charge in [0.25, 0.3) is 5.19 Å². The van der Waals surface area contributed by atoms with Crippen LogP contribution >= 0.6 is 11.3 Å². The second-order valence-electron chi connectivity index (χ2n) is 3.83. The number of hydrogen-bond donors (Lipinski definition) is 1. The van der Waals surface area contributed by atoms with Gasteiger partial charge in [-0.3, -0.25) is 5.32 Å². The zero-order valence-electron chi connectivity index (χ0n) is 10.1. The summed E-state index contributed by atoms with van der Waals surface area (Å²) in [7, 11) is 1.50. The fourth-order valence-corrected chi connectivity index (χ4v) is 2.30. The van der Waals surface area contributed by atoms with Crippen LogP contribution in [0, 0.1) is 0 Å². The molecule has 1 aliphatic rings. The Morgan fingerprint density at radius 3 is 3.16 bits per heavy atom. The van der Waals surface area contributed by atoms with Crippen molar-refractivity contribution in [3.8, 4) is 5.19 Å². The van der Waals surface area contributed by atoms with Crippen molar-refractivity contribution in [1.82, 2.24) is 29.9 Å². The van der Waals surface area contributed by atoms with Crippen molar-refractivity contribution in [2.24, 2.45) is 0 Å². The number of fused-ring (bicyclic) bond motifs is 1. The van der Waals surface area contributed by atoms with E-state index in [1.165, 1.54) is 24.8 Å². The molecule has 1 aliphatic heterocycles. The number of nitrogens with zero attached hydrogens (tertiary/aromatic N) is 6. The maximum absolute atomic E-state index is 12.1. The Hall–Kier alpha value is -2.23. The number of rotatable bonds is 2. The molecule has 9 nitrogen and oxygen atoms in total. The molecule has 2 aromatic heterocycles. The number of hydrogen-bond acceptors (Lipinski definition) is 7. The van der Waals surface area contributed by atoms with Crippen molar-refractivity contribution in [2.45, 2.75) is 13.1 Å². The highest BCUT2D eigenvalue weighted by molar-refractivity contribution is 7.17. The molecule has 0 radical (unpaired) electrons. The number of amides is 2. The molecule has 19 heavy (non-hydrogen) atoms. The topological polar surface area (TPSA) is 98.1 Å². The Labute approximate surface area is 112 Å². The normalized spacial score (nSPS) is 14.1. The monoisotopic (exact) mass is 281 g/mol. The summed E-state index contributed by atoms with van der Waals surface area (Å²) >= 11 is 1.18. The molecule has 0 aliphatic carbocycles. The van der Waals surface area contributed by atoms with Gasteiger partial charge in [0, 0.05) is 6.54 Å². The van der Waals surface area contributed by atoms with Gasteiger partial charge in [0.15, 0.2) is 0 Å². The summed E-state index contributed by atoms with van der Waals surface area (Å²) in [5, 5.41) is 15.1. The van der Waals surface area contributed by atoms with E-state index in [1.54, 1.807) is 9.58 Å². The number of aromatic nitrogens is 5. The van der Waals surface area contributed by atoms with Crippen LogP contribution in [-0.2, 0) is 13.1 Å². The lowest BCUT2D eigenvalue weighted by molar-refractivity contribution is 0.193. The van der Waals surface area contributed by atoms with Crippen LogP contribution in [0.4, 0.5) is 9.93 Å². The van der Waals surface area contributed by atoms with Crippen molar-refractivity contribution in [2.75, 3.05) is 19.0 Å². The predicted molar refractivity (Wildman–Crippen MR) is 65.9 cm³/mol. The van der Waals surface area contributed by atoms with Crippen LogP contribution in [0.1, 0.15) is 5.82 Å². The number of nitrogens with one attached hydrogen (secondary N) is 1. The minimum Gasteiger partial charge on any atom is -0.472 e. The maximum Gasteiger partial charge on any atom is 0.324 e. The van der Waals surface area contributed by atoms with E-state index in [0.717, 1.165) is 5.82 Å². The van der Waals surface area contributed by atoms with Gasteiger partial charge < -0.3 is 9.64 Å². The van der Waals surface area contributed by atoms with E-state index in [2.05, 4.69) is 25.6 Å². The summed E-state index contributed by atoms with van der Waals surface area (Å²) in [5.41, 5.74) is 0. The van der Waals surface area contributed by atoms with Crippen LogP contribution in [0.2, 0.25) is 0 Å². The molecule has 0 atom stereocenters. The molecule has 3 rings (SSSR count). The Kier molecular flexibility index (Phi) is 2.99. The lowest BCUT2D eigenvalue weighted by Gasteiger charge is -2.26. The Morgan fingerprint density at radius 1 is 1.47 bits per heavy atom. The molecule has 0 bridgehead atoms. The first-order valence-electron chi connectivity index (χ1n) is 5.56. The second kappa shape index (κ2) is 4.80. The molecule has 0 saturated carbocycles. The van der Waals surface area contributed by atoms with Crippen molar-refractivity contribution >= 4 is 22.5 Å². The minimum absolute atomic E-state index is 0.229. The largest absolute Gasteiger partial charge is 0.472 e. The first-order valence-corrected chi connectivity index (χ1v) is 6.38. The minimum atomic E-state index is -0.229. The van der Waals surface area contributed by atoms with E-state index < -0.39 is 0 Å². The molecule has 3 heterocycles. The summed E-state index contributed by atoms with van der Waals surface area (Å²) in [6.07, 6.45) is 1.49. The number of ether oxygens (including phenoxy) is 1. The fourth-order valence-electron chi connectivity index (χ4n) is 1.75. The molecular weight excluding hydrogens is 270 g/mol. The standard InChI is InChI=1S/C9H11N7O2S/c1-18-9-14-13-7(19-9)12-8(17)15-2-3-16-6(4-15)10-5-11-16/h5H,2-4H2,1H3,(H,12,13,17). The van der Waals surface area contributed by atoms with Gasteiger partial charge in [-0.05, 0) is 11.3 Å². The van der Waals surface area contributed by atoms with Gasteiger partial charge in [0.05, 0.1) is 20.2 Å². The average molecular weight is 281 g/mol. The molecule has 1 N–H and O–H groups in total. The third-order valence-electron chi connectivity index (χ3n) is 2.69. The van der Waals surface area contributed by atoms with Gasteiger partial charge in [-0.15, -0.1) is 5.10 Å². The van der Waals surface area contributed by atoms with Gasteiger partial charge >= 0.3 is 6.03 Å². The quantitative estimate of drug-likeness (QED) is 0.843. The molecule has 2 amide bonds. The van der Waals surface area contributed by atoms with E-state index in [0.29, 0.717) is 30.0 Å². The van der Waals surface area contributed by atoms with Crippen molar-refractivity contribution < 1.29 is 9.53 Å². The van der Waals surface area contributed by atoms with Gasteiger partial charge in [0.2, 0.25) is 5.13 Å². The predicted octanol–water partition coefficient (Wildman–Crippen LogP) is 0.186. The van der Waals surface area contributed by atoms with Crippen molar-refractivity contribution in [3.05, 3.63) is 12.2 Å². The second-order valence-corrected chi connectivity index (χ2v) is 4.77. The van der Waals surface area contributed by atoms with Gasteiger partial charge in [-0.25, -0.2) is 14.5 Å². The third-order valence-corrected chi connectivity index (χ3v) is 3.49. The van der Waals surface area contributed by atoms with Gasteiger partial charge in [0.1, 0.15) is 12.2 Å². The third kappa shape index (κ3) is 2.34. The molecular formula is C9H11N7O2S. The number of carbonyl (C=O) groups excluding carboxylic acids is 1. The SMILES string of the molecule is COc1nnc(NC(=O)N2CCn3ncnc3C2)s1. The van der Waals surface area contributed by atoms with Crippen LogP contribution in [-0.4, -0.2) is 49.5 Å². The van der Waals surface area contributed by atoms with Crippen LogP contribution in [0.15, 0.2) is 6.33 Å². The van der Waals surface area contributed by atoms with Crippen LogP contribution in [0.3, 0.4) is 0 Å². The van der Waals surface area contributed by atoms with Gasteiger partial charge in [-0.2, -0.15) is 5.10 Å². The molecule has 100 valence electrons. The van der Waals surface area contributed by atoms with Gasteiger partial charge in [-0.1, -0.05) is 5.10 Å². The molecule has 2 aromatic rings. The number of methoxy groups -OCH3 is 1. The van der Waals surface area contributed by atoms with E-state index in [-0.39, 0.29) is 6.03 Å². The number of urea groups is 1. The first-order chi connectivity index (χ1) is 9.26. The lowest BCUT2D eigenvalue weighted by Crippen LogP contribution is -2.41. The summed E-state index contributed by atoms with van der Waals surface area (Å²) in [5.74, 6) is 0.774. The highest BCUT2D eigenvalue weighted by atomic mass is 32.1. The van der Waals surface area contributed by atoms with Crippen molar-refractivity contribution in [1.29, 1.82) is 0 Å². The van der Waals surface area contributed by atoms with Crippen molar-refractivity contribution in [3.63, 3.8) is 0 Å². The lowest BCUT2D eigenvalue weighted by atomic mass is 10.4. The Morgan fingerprint density at radius 2 is 2.37 bits per heavy atom. The summed E-state index contributed by atoms with van der Waals surface area (Å²) in [4.78, 5) is 17.8. The Balaban J connectivity index is 1.65. The molecule has 0 fully saturated rings. The molecule has 0 unspecified atom stereocenters. The Bertz CT molecular complexity index is 595. The van der Waals surface area contributed by atoms with Crippen LogP contribution in [0.5, 0.6) is 5.19 Å².